The molecule has 1 N–H and O–H groups in total. The van der Waals surface area contributed by atoms with Gasteiger partial charge in [0.25, 0.3) is 5.91 Å². The second-order valence-electron chi connectivity index (χ2n) is 5.12. The molecule has 3 rings (SSSR count). The summed E-state index contributed by atoms with van der Waals surface area (Å²) in [5.74, 6) is 1.29. The molecule has 0 fully saturated rings. The van der Waals surface area contributed by atoms with Gasteiger partial charge in [-0.15, -0.1) is 0 Å². The lowest BCUT2D eigenvalue weighted by Crippen LogP contribution is -2.35. The van der Waals surface area contributed by atoms with Crippen molar-refractivity contribution in [3.05, 3.63) is 42.2 Å². The standard InChI is InChI=1S/C16H19N3O3/c1-2-19-10-12(9-17-19)22-11-16(20)18-14-7-8-21-15-6-4-3-5-13(14)15/h3-6,9-10,14H,2,7-8,11H2,1H3,(H,18,20). The Morgan fingerprint density at radius 3 is 3.18 bits per heavy atom. The van der Waals surface area contributed by atoms with Gasteiger partial charge in [-0.25, -0.2) is 0 Å². The highest BCUT2D eigenvalue weighted by molar-refractivity contribution is 5.78. The number of hydrogen-bond donors (Lipinski definition) is 1. The van der Waals surface area contributed by atoms with E-state index in [0.717, 1.165) is 24.3 Å². The molecule has 0 saturated carbocycles. The van der Waals surface area contributed by atoms with Crippen molar-refractivity contribution in [3.63, 3.8) is 0 Å². The van der Waals surface area contributed by atoms with Gasteiger partial charge in [0, 0.05) is 18.5 Å². The molecule has 1 aromatic carbocycles. The zero-order valence-corrected chi connectivity index (χ0v) is 12.5. The number of nitrogens with zero attached hydrogens (tertiary/aromatic N) is 2. The SMILES string of the molecule is CCn1cc(OCC(=O)NC2CCOc3ccccc32)cn1. The fourth-order valence-electron chi connectivity index (χ4n) is 2.47. The average molecular weight is 301 g/mol. The Bertz CT molecular complexity index is 654. The number of carbonyl (C=O) groups is 1. The van der Waals surface area contributed by atoms with Crippen molar-refractivity contribution in [1.82, 2.24) is 15.1 Å². The number of carbonyl (C=O) groups excluding carboxylic acids is 1. The fourth-order valence-corrected chi connectivity index (χ4v) is 2.47. The van der Waals surface area contributed by atoms with E-state index in [1.165, 1.54) is 0 Å². The summed E-state index contributed by atoms with van der Waals surface area (Å²) < 4.78 is 12.8. The molecular weight excluding hydrogens is 282 g/mol. The number of amides is 1. The number of aryl methyl sites for hydroxylation is 1. The smallest absolute Gasteiger partial charge is 0.258 e. The highest BCUT2D eigenvalue weighted by Crippen LogP contribution is 2.31. The quantitative estimate of drug-likeness (QED) is 0.916. The molecule has 1 aliphatic rings. The third-order valence-corrected chi connectivity index (χ3v) is 3.60. The van der Waals surface area contributed by atoms with Gasteiger partial charge < -0.3 is 14.8 Å². The third-order valence-electron chi connectivity index (χ3n) is 3.60. The van der Waals surface area contributed by atoms with E-state index in [0.29, 0.717) is 12.4 Å². The van der Waals surface area contributed by atoms with Gasteiger partial charge >= 0.3 is 0 Å². The van der Waals surface area contributed by atoms with Crippen LogP contribution in [0, 0.1) is 0 Å². The lowest BCUT2D eigenvalue weighted by atomic mass is 10.0. The number of rotatable bonds is 5. The number of nitrogens with one attached hydrogen (secondary N) is 1. The Kier molecular flexibility index (Phi) is 4.27. The Hall–Kier alpha value is -2.50. The molecule has 0 aliphatic carbocycles. The van der Waals surface area contributed by atoms with E-state index in [2.05, 4.69) is 10.4 Å². The number of benzene rings is 1. The van der Waals surface area contributed by atoms with Gasteiger partial charge in [-0.1, -0.05) is 18.2 Å². The van der Waals surface area contributed by atoms with Crippen molar-refractivity contribution in [3.8, 4) is 11.5 Å². The number of ether oxygens (including phenoxy) is 2. The van der Waals surface area contributed by atoms with Gasteiger partial charge in [-0.05, 0) is 13.0 Å². The van der Waals surface area contributed by atoms with E-state index >= 15 is 0 Å². The lowest BCUT2D eigenvalue weighted by Gasteiger charge is -2.26. The molecule has 6 nitrogen and oxygen atoms in total. The van der Waals surface area contributed by atoms with Crippen molar-refractivity contribution in [2.45, 2.75) is 25.9 Å². The fraction of sp³-hybridized carbons (Fsp3) is 0.375. The third kappa shape index (κ3) is 3.21. The first-order valence-corrected chi connectivity index (χ1v) is 7.42. The highest BCUT2D eigenvalue weighted by atomic mass is 16.5. The summed E-state index contributed by atoms with van der Waals surface area (Å²) in [6.07, 6.45) is 4.15. The van der Waals surface area contributed by atoms with Crippen molar-refractivity contribution in [1.29, 1.82) is 0 Å². The first-order chi connectivity index (χ1) is 10.8. The molecule has 116 valence electrons. The van der Waals surface area contributed by atoms with Crippen molar-refractivity contribution in [2.24, 2.45) is 0 Å². The Morgan fingerprint density at radius 1 is 1.50 bits per heavy atom. The van der Waals surface area contributed by atoms with Crippen LogP contribution in [-0.2, 0) is 11.3 Å². The second kappa shape index (κ2) is 6.51. The molecule has 0 radical (unpaired) electrons. The first kappa shape index (κ1) is 14.4. The highest BCUT2D eigenvalue weighted by Gasteiger charge is 2.22. The Labute approximate surface area is 129 Å². The van der Waals surface area contributed by atoms with Crippen LogP contribution in [0.15, 0.2) is 36.7 Å². The summed E-state index contributed by atoms with van der Waals surface area (Å²) in [6.45, 7) is 3.35. The maximum Gasteiger partial charge on any atom is 0.258 e. The molecule has 1 aliphatic heterocycles. The lowest BCUT2D eigenvalue weighted by molar-refractivity contribution is -0.124. The van der Waals surface area contributed by atoms with Crippen molar-refractivity contribution < 1.29 is 14.3 Å². The van der Waals surface area contributed by atoms with Crippen LogP contribution in [0.4, 0.5) is 0 Å². The maximum atomic E-state index is 12.1. The van der Waals surface area contributed by atoms with Gasteiger partial charge in [-0.3, -0.25) is 9.48 Å². The molecule has 1 amide bonds. The molecule has 0 spiro atoms. The summed E-state index contributed by atoms with van der Waals surface area (Å²) in [5.41, 5.74) is 1.01. The van der Waals surface area contributed by atoms with E-state index in [4.69, 9.17) is 9.47 Å². The van der Waals surface area contributed by atoms with E-state index in [-0.39, 0.29) is 18.6 Å². The summed E-state index contributed by atoms with van der Waals surface area (Å²) in [5, 5.41) is 7.10. The molecule has 0 saturated heterocycles. The predicted molar refractivity (Wildman–Crippen MR) is 80.8 cm³/mol. The van der Waals surface area contributed by atoms with Crippen molar-refractivity contribution >= 4 is 5.91 Å². The molecule has 1 aromatic heterocycles. The average Bonchev–Trinajstić information content (AvgIpc) is 3.01. The molecule has 2 heterocycles. The zero-order chi connectivity index (χ0) is 15.4. The number of para-hydroxylation sites is 1. The minimum atomic E-state index is -0.147. The monoisotopic (exact) mass is 301 g/mol. The number of hydrogen-bond acceptors (Lipinski definition) is 4. The summed E-state index contributed by atoms with van der Waals surface area (Å²) in [4.78, 5) is 12.1. The van der Waals surface area contributed by atoms with E-state index in [1.807, 2.05) is 31.2 Å². The molecule has 0 bridgehead atoms. The molecule has 1 unspecified atom stereocenters. The van der Waals surface area contributed by atoms with Crippen LogP contribution in [0.2, 0.25) is 0 Å². The minimum absolute atomic E-state index is 0.0189. The Balaban J connectivity index is 1.56. The molecular formula is C16H19N3O3. The van der Waals surface area contributed by atoms with Crippen LogP contribution in [0.5, 0.6) is 11.5 Å². The maximum absolute atomic E-state index is 12.1. The normalized spacial score (nSPS) is 16.5. The van der Waals surface area contributed by atoms with Crippen LogP contribution in [-0.4, -0.2) is 28.9 Å². The van der Waals surface area contributed by atoms with E-state index < -0.39 is 0 Å². The molecule has 2 aromatic rings. The molecule has 6 heteroatoms. The topological polar surface area (TPSA) is 65.4 Å². The number of aromatic nitrogens is 2. The Morgan fingerprint density at radius 2 is 2.36 bits per heavy atom. The largest absolute Gasteiger partial charge is 0.493 e. The van der Waals surface area contributed by atoms with Gasteiger partial charge in [0.2, 0.25) is 0 Å². The second-order valence-corrected chi connectivity index (χ2v) is 5.12. The van der Waals surface area contributed by atoms with Crippen LogP contribution in [0.1, 0.15) is 24.9 Å². The predicted octanol–water partition coefficient (Wildman–Crippen LogP) is 1.92. The van der Waals surface area contributed by atoms with Gasteiger partial charge in [-0.2, -0.15) is 5.10 Å². The summed E-state index contributed by atoms with van der Waals surface area (Å²) >= 11 is 0. The van der Waals surface area contributed by atoms with Gasteiger partial charge in [0.1, 0.15) is 5.75 Å². The van der Waals surface area contributed by atoms with Crippen molar-refractivity contribution in [2.75, 3.05) is 13.2 Å². The van der Waals surface area contributed by atoms with Crippen LogP contribution in [0.25, 0.3) is 0 Å². The molecule has 22 heavy (non-hydrogen) atoms. The van der Waals surface area contributed by atoms with Crippen LogP contribution in [0.3, 0.4) is 0 Å². The molecule has 1 atom stereocenters. The van der Waals surface area contributed by atoms with E-state index in [9.17, 15) is 4.79 Å². The zero-order valence-electron chi connectivity index (χ0n) is 12.5. The first-order valence-electron chi connectivity index (χ1n) is 7.42. The summed E-state index contributed by atoms with van der Waals surface area (Å²) in [6, 6.07) is 7.74. The number of fused-ring (bicyclic) bond motifs is 1. The van der Waals surface area contributed by atoms with E-state index in [1.54, 1.807) is 17.1 Å². The van der Waals surface area contributed by atoms with Crippen LogP contribution < -0.4 is 14.8 Å². The minimum Gasteiger partial charge on any atom is -0.493 e. The van der Waals surface area contributed by atoms with Gasteiger partial charge in [0.15, 0.2) is 12.4 Å². The van der Waals surface area contributed by atoms with Gasteiger partial charge in [0.05, 0.1) is 25.0 Å². The van der Waals surface area contributed by atoms with Crippen LogP contribution >= 0.6 is 0 Å². The summed E-state index contributed by atoms with van der Waals surface area (Å²) in [7, 11) is 0.